The van der Waals surface area contributed by atoms with Crippen LogP contribution in [0, 0.1) is 0 Å². The summed E-state index contributed by atoms with van der Waals surface area (Å²) < 4.78 is 10.6. The molecule has 3 rings (SSSR count). The van der Waals surface area contributed by atoms with Crippen LogP contribution in [0.1, 0.15) is 36.7 Å². The summed E-state index contributed by atoms with van der Waals surface area (Å²) in [4.78, 5) is 13.4. The van der Waals surface area contributed by atoms with Crippen molar-refractivity contribution >= 4 is 0 Å². The molecule has 2 aromatic heterocycles. The molecule has 1 fully saturated rings. The van der Waals surface area contributed by atoms with Gasteiger partial charge in [0, 0.05) is 39.1 Å². The van der Waals surface area contributed by atoms with Gasteiger partial charge in [0.25, 0.3) is 0 Å². The highest BCUT2D eigenvalue weighted by atomic mass is 16.5. The van der Waals surface area contributed by atoms with Gasteiger partial charge in [0.05, 0.1) is 6.54 Å². The molecule has 1 aliphatic heterocycles. The van der Waals surface area contributed by atoms with E-state index in [1.165, 1.54) is 5.56 Å². The fraction of sp³-hybridized carbons (Fsp3) is 0.588. The Morgan fingerprint density at radius 1 is 1.12 bits per heavy atom. The van der Waals surface area contributed by atoms with Gasteiger partial charge < -0.3 is 9.26 Å². The van der Waals surface area contributed by atoms with Gasteiger partial charge in [-0.1, -0.05) is 5.16 Å². The average molecular weight is 331 g/mol. The Labute approximate surface area is 142 Å². The molecule has 0 bridgehead atoms. The molecule has 0 unspecified atom stereocenters. The quantitative estimate of drug-likeness (QED) is 0.800. The van der Waals surface area contributed by atoms with Crippen LogP contribution in [0.4, 0.5) is 0 Å². The van der Waals surface area contributed by atoms with Crippen LogP contribution in [0.3, 0.4) is 0 Å². The molecule has 7 nitrogen and oxygen atoms in total. The molecule has 3 heterocycles. The molecule has 1 aliphatic rings. The van der Waals surface area contributed by atoms with Crippen LogP contribution in [0.2, 0.25) is 0 Å². The summed E-state index contributed by atoms with van der Waals surface area (Å²) in [6.07, 6.45) is 4.71. The molecule has 0 N–H and O–H groups in total. The van der Waals surface area contributed by atoms with E-state index in [4.69, 9.17) is 9.26 Å². The monoisotopic (exact) mass is 331 g/mol. The van der Waals surface area contributed by atoms with Gasteiger partial charge in [-0.25, -0.2) is 0 Å². The smallest absolute Gasteiger partial charge is 0.240 e. The minimum Gasteiger partial charge on any atom is -0.374 e. The lowest BCUT2D eigenvalue weighted by molar-refractivity contribution is 0.109. The largest absolute Gasteiger partial charge is 0.374 e. The Balaban J connectivity index is 1.51. The highest BCUT2D eigenvalue weighted by molar-refractivity contribution is 5.09. The van der Waals surface area contributed by atoms with Crippen LogP contribution >= 0.6 is 0 Å². The molecule has 1 saturated heterocycles. The highest BCUT2D eigenvalue weighted by Gasteiger charge is 2.19. The lowest BCUT2D eigenvalue weighted by Crippen LogP contribution is -2.30. The minimum atomic E-state index is -0.137. The van der Waals surface area contributed by atoms with Crippen molar-refractivity contribution in [2.24, 2.45) is 0 Å². The molecule has 1 atom stereocenters. The van der Waals surface area contributed by atoms with E-state index in [0.717, 1.165) is 39.1 Å². The molecule has 130 valence electrons. The van der Waals surface area contributed by atoms with Crippen molar-refractivity contribution in [3.05, 3.63) is 41.8 Å². The molecule has 0 aliphatic carbocycles. The molecule has 0 aromatic carbocycles. The van der Waals surface area contributed by atoms with E-state index >= 15 is 0 Å². The SMILES string of the molecule is CO[C@H](C)c1noc(CN2CCCN(Cc3ccncc3)CC2)n1. The average Bonchev–Trinajstić information content (AvgIpc) is 2.97. The number of hydrogen-bond donors (Lipinski definition) is 0. The van der Waals surface area contributed by atoms with Gasteiger partial charge in [-0.3, -0.25) is 14.8 Å². The number of aromatic nitrogens is 3. The summed E-state index contributed by atoms with van der Waals surface area (Å²) in [7, 11) is 1.65. The van der Waals surface area contributed by atoms with E-state index < -0.39 is 0 Å². The standard InChI is InChI=1S/C17H25N5O2/c1-14(23-2)17-19-16(24-20-17)13-22-9-3-8-21(10-11-22)12-15-4-6-18-7-5-15/h4-7,14H,3,8-13H2,1-2H3/t14-/m1/s1. The Morgan fingerprint density at radius 2 is 1.83 bits per heavy atom. The molecule has 24 heavy (non-hydrogen) atoms. The van der Waals surface area contributed by atoms with Gasteiger partial charge in [0.15, 0.2) is 5.82 Å². The summed E-state index contributed by atoms with van der Waals surface area (Å²) >= 11 is 0. The number of pyridine rings is 1. The topological polar surface area (TPSA) is 67.5 Å². The van der Waals surface area contributed by atoms with E-state index in [0.29, 0.717) is 18.3 Å². The molecule has 0 saturated carbocycles. The zero-order valence-corrected chi connectivity index (χ0v) is 14.4. The Kier molecular flexibility index (Phi) is 5.90. The predicted molar refractivity (Wildman–Crippen MR) is 89.1 cm³/mol. The maximum Gasteiger partial charge on any atom is 0.240 e. The predicted octanol–water partition coefficient (Wildman–Crippen LogP) is 1.88. The Hall–Kier alpha value is -1.83. The summed E-state index contributed by atoms with van der Waals surface area (Å²) in [6, 6.07) is 4.17. The second-order valence-corrected chi connectivity index (χ2v) is 6.19. The van der Waals surface area contributed by atoms with Gasteiger partial charge in [-0.05, 0) is 44.1 Å². The van der Waals surface area contributed by atoms with Crippen molar-refractivity contribution in [1.29, 1.82) is 0 Å². The lowest BCUT2D eigenvalue weighted by Gasteiger charge is -2.20. The van der Waals surface area contributed by atoms with Crippen LogP contribution in [0.15, 0.2) is 29.0 Å². The van der Waals surface area contributed by atoms with Gasteiger partial charge in [-0.15, -0.1) is 0 Å². The van der Waals surface area contributed by atoms with Crippen molar-refractivity contribution in [2.45, 2.75) is 32.5 Å². The van der Waals surface area contributed by atoms with Crippen LogP contribution in [-0.4, -0.2) is 58.2 Å². The number of methoxy groups -OCH3 is 1. The minimum absolute atomic E-state index is 0.137. The molecule has 2 aromatic rings. The second kappa shape index (κ2) is 8.32. The first-order valence-electron chi connectivity index (χ1n) is 8.43. The highest BCUT2D eigenvalue weighted by Crippen LogP contribution is 2.14. The molecular formula is C17H25N5O2. The van der Waals surface area contributed by atoms with Gasteiger partial charge >= 0.3 is 0 Å². The maximum absolute atomic E-state index is 5.35. The fourth-order valence-electron chi connectivity index (χ4n) is 2.88. The van der Waals surface area contributed by atoms with Crippen LogP contribution < -0.4 is 0 Å². The Bertz CT molecular complexity index is 618. The van der Waals surface area contributed by atoms with E-state index in [9.17, 15) is 0 Å². The molecule has 0 radical (unpaired) electrons. The first-order chi connectivity index (χ1) is 11.7. The van der Waals surface area contributed by atoms with Crippen molar-refractivity contribution in [2.75, 3.05) is 33.3 Å². The van der Waals surface area contributed by atoms with Crippen LogP contribution in [0.5, 0.6) is 0 Å². The van der Waals surface area contributed by atoms with Gasteiger partial charge in [-0.2, -0.15) is 4.98 Å². The van der Waals surface area contributed by atoms with E-state index in [-0.39, 0.29) is 6.10 Å². The normalized spacial score (nSPS) is 18.4. The summed E-state index contributed by atoms with van der Waals surface area (Å²) in [5.74, 6) is 1.28. The summed E-state index contributed by atoms with van der Waals surface area (Å²) in [5.41, 5.74) is 1.31. The second-order valence-electron chi connectivity index (χ2n) is 6.19. The fourth-order valence-corrected chi connectivity index (χ4v) is 2.88. The third kappa shape index (κ3) is 4.59. The molecule has 0 spiro atoms. The zero-order chi connectivity index (χ0) is 16.8. The van der Waals surface area contributed by atoms with E-state index in [1.807, 2.05) is 19.3 Å². The summed E-state index contributed by atoms with van der Waals surface area (Å²) in [5, 5.41) is 3.99. The van der Waals surface area contributed by atoms with E-state index in [2.05, 4.69) is 37.1 Å². The van der Waals surface area contributed by atoms with Crippen molar-refractivity contribution < 1.29 is 9.26 Å². The van der Waals surface area contributed by atoms with Crippen molar-refractivity contribution in [3.8, 4) is 0 Å². The zero-order valence-electron chi connectivity index (χ0n) is 14.4. The number of nitrogens with zero attached hydrogens (tertiary/aromatic N) is 5. The molecule has 0 amide bonds. The number of rotatable bonds is 6. The van der Waals surface area contributed by atoms with Crippen molar-refractivity contribution in [3.63, 3.8) is 0 Å². The first kappa shape index (κ1) is 17.0. The molecular weight excluding hydrogens is 306 g/mol. The first-order valence-corrected chi connectivity index (χ1v) is 8.43. The Morgan fingerprint density at radius 3 is 2.54 bits per heavy atom. The summed E-state index contributed by atoms with van der Waals surface area (Å²) in [6.45, 7) is 7.79. The van der Waals surface area contributed by atoms with Gasteiger partial charge in [0.1, 0.15) is 6.10 Å². The number of hydrogen-bond acceptors (Lipinski definition) is 7. The maximum atomic E-state index is 5.35. The third-order valence-corrected chi connectivity index (χ3v) is 4.40. The molecule has 7 heteroatoms. The third-order valence-electron chi connectivity index (χ3n) is 4.40. The van der Waals surface area contributed by atoms with Crippen LogP contribution in [-0.2, 0) is 17.8 Å². The number of ether oxygens (including phenoxy) is 1. The van der Waals surface area contributed by atoms with Gasteiger partial charge in [0.2, 0.25) is 5.89 Å². The lowest BCUT2D eigenvalue weighted by atomic mass is 10.2. The van der Waals surface area contributed by atoms with Crippen molar-refractivity contribution in [1.82, 2.24) is 24.9 Å². The van der Waals surface area contributed by atoms with Crippen LogP contribution in [0.25, 0.3) is 0 Å². The van der Waals surface area contributed by atoms with E-state index in [1.54, 1.807) is 7.11 Å².